The molecular formula is C12H19NO3. The van der Waals surface area contributed by atoms with Crippen molar-refractivity contribution in [2.45, 2.75) is 33.0 Å². The van der Waals surface area contributed by atoms with E-state index in [0.29, 0.717) is 13.0 Å². The van der Waals surface area contributed by atoms with Gasteiger partial charge >= 0.3 is 0 Å². The largest absolute Gasteiger partial charge is 0.495 e. The monoisotopic (exact) mass is 225 g/mol. The zero-order valence-electron chi connectivity index (χ0n) is 10.3. The van der Waals surface area contributed by atoms with Crippen LogP contribution in [0.25, 0.3) is 0 Å². The van der Waals surface area contributed by atoms with Gasteiger partial charge in [0.1, 0.15) is 5.75 Å². The minimum atomic E-state index is -0.411. The molecule has 4 nitrogen and oxygen atoms in total. The van der Waals surface area contributed by atoms with Crippen LogP contribution in [0.5, 0.6) is 5.75 Å². The fourth-order valence-electron chi connectivity index (χ4n) is 1.75. The molecular weight excluding hydrogens is 206 g/mol. The summed E-state index contributed by atoms with van der Waals surface area (Å²) in [6.45, 7) is 4.12. The molecule has 1 unspecified atom stereocenters. The Bertz CT molecular complexity index is 350. The Balaban J connectivity index is 3.17. The van der Waals surface area contributed by atoms with Crippen LogP contribution in [-0.4, -0.2) is 30.4 Å². The Morgan fingerprint density at radius 2 is 2.12 bits per heavy atom. The van der Waals surface area contributed by atoms with E-state index in [4.69, 9.17) is 9.47 Å². The number of aliphatic hydroxyl groups is 1. The standard InChI is InChI=1S/C12H19NO3/c1-8(14)5-11-10(7-15-3)6-13-9(2)12(11)16-4/h6,8,14H,5,7H2,1-4H3. The normalized spacial score (nSPS) is 12.6. The predicted octanol–water partition coefficient (Wildman–Crippen LogP) is 1.47. The average Bonchev–Trinajstić information content (AvgIpc) is 2.22. The lowest BCUT2D eigenvalue weighted by Gasteiger charge is -2.16. The molecule has 0 aliphatic rings. The Morgan fingerprint density at radius 1 is 1.44 bits per heavy atom. The zero-order valence-corrected chi connectivity index (χ0v) is 10.3. The van der Waals surface area contributed by atoms with Crippen molar-refractivity contribution >= 4 is 0 Å². The van der Waals surface area contributed by atoms with Crippen LogP contribution in [0.1, 0.15) is 23.7 Å². The molecule has 0 fully saturated rings. The molecule has 0 radical (unpaired) electrons. The molecule has 0 aliphatic heterocycles. The fourth-order valence-corrected chi connectivity index (χ4v) is 1.75. The van der Waals surface area contributed by atoms with Gasteiger partial charge in [-0.2, -0.15) is 0 Å². The third-order valence-electron chi connectivity index (χ3n) is 2.41. The van der Waals surface area contributed by atoms with Crippen molar-refractivity contribution in [1.29, 1.82) is 0 Å². The summed E-state index contributed by atoms with van der Waals surface area (Å²) in [6, 6.07) is 0. The first-order valence-electron chi connectivity index (χ1n) is 5.28. The van der Waals surface area contributed by atoms with Crippen LogP contribution in [0.3, 0.4) is 0 Å². The fraction of sp³-hybridized carbons (Fsp3) is 0.583. The van der Waals surface area contributed by atoms with Crippen molar-refractivity contribution in [3.63, 3.8) is 0 Å². The summed E-state index contributed by atoms with van der Waals surface area (Å²) in [6.07, 6.45) is 1.91. The number of nitrogens with zero attached hydrogens (tertiary/aromatic N) is 1. The van der Waals surface area contributed by atoms with E-state index in [1.54, 1.807) is 27.3 Å². The second-order valence-electron chi connectivity index (χ2n) is 3.87. The van der Waals surface area contributed by atoms with Gasteiger partial charge in [0.15, 0.2) is 0 Å². The van der Waals surface area contributed by atoms with E-state index in [9.17, 15) is 5.11 Å². The SMILES string of the molecule is COCc1cnc(C)c(OC)c1CC(C)O. The van der Waals surface area contributed by atoms with Gasteiger partial charge in [-0.05, 0) is 13.8 Å². The molecule has 0 spiro atoms. The highest BCUT2D eigenvalue weighted by atomic mass is 16.5. The lowest BCUT2D eigenvalue weighted by atomic mass is 10.0. The molecule has 1 heterocycles. The van der Waals surface area contributed by atoms with Gasteiger partial charge in [0.05, 0.1) is 25.5 Å². The van der Waals surface area contributed by atoms with E-state index < -0.39 is 6.10 Å². The molecule has 1 aromatic heterocycles. The molecule has 0 aromatic carbocycles. The van der Waals surface area contributed by atoms with Crippen LogP contribution in [0, 0.1) is 6.92 Å². The number of hydrogen-bond donors (Lipinski definition) is 1. The first kappa shape index (κ1) is 12.9. The predicted molar refractivity (Wildman–Crippen MR) is 61.6 cm³/mol. The number of ether oxygens (including phenoxy) is 2. The minimum absolute atomic E-state index is 0.411. The second kappa shape index (κ2) is 5.82. The van der Waals surface area contributed by atoms with Crippen molar-refractivity contribution in [2.24, 2.45) is 0 Å². The van der Waals surface area contributed by atoms with Crippen molar-refractivity contribution in [3.8, 4) is 5.75 Å². The molecule has 16 heavy (non-hydrogen) atoms. The summed E-state index contributed by atoms with van der Waals surface area (Å²) in [5.41, 5.74) is 2.77. The molecule has 1 atom stereocenters. The third-order valence-corrected chi connectivity index (χ3v) is 2.41. The molecule has 1 aromatic rings. The highest BCUT2D eigenvalue weighted by Crippen LogP contribution is 2.26. The van der Waals surface area contributed by atoms with Gasteiger partial charge in [0, 0.05) is 30.9 Å². The molecule has 90 valence electrons. The van der Waals surface area contributed by atoms with Gasteiger partial charge in [0.2, 0.25) is 0 Å². The molecule has 0 saturated heterocycles. The molecule has 0 amide bonds. The first-order valence-corrected chi connectivity index (χ1v) is 5.28. The highest BCUT2D eigenvalue weighted by molar-refractivity contribution is 5.42. The van der Waals surface area contributed by atoms with E-state index in [1.165, 1.54) is 0 Å². The van der Waals surface area contributed by atoms with Gasteiger partial charge in [-0.25, -0.2) is 0 Å². The molecule has 0 saturated carbocycles. The van der Waals surface area contributed by atoms with Gasteiger partial charge < -0.3 is 14.6 Å². The molecule has 1 rings (SSSR count). The van der Waals surface area contributed by atoms with Crippen molar-refractivity contribution in [3.05, 3.63) is 23.0 Å². The van der Waals surface area contributed by atoms with Crippen LogP contribution in [0.15, 0.2) is 6.20 Å². The van der Waals surface area contributed by atoms with Gasteiger partial charge in [0.25, 0.3) is 0 Å². The van der Waals surface area contributed by atoms with Gasteiger partial charge in [-0.1, -0.05) is 0 Å². The summed E-state index contributed by atoms with van der Waals surface area (Å²) in [7, 11) is 3.25. The van der Waals surface area contributed by atoms with Crippen LogP contribution in [-0.2, 0) is 17.8 Å². The maximum Gasteiger partial charge on any atom is 0.143 e. The van der Waals surface area contributed by atoms with Crippen LogP contribution in [0.2, 0.25) is 0 Å². The quantitative estimate of drug-likeness (QED) is 0.824. The number of rotatable bonds is 5. The van der Waals surface area contributed by atoms with E-state index in [-0.39, 0.29) is 0 Å². The Labute approximate surface area is 96.2 Å². The number of aliphatic hydroxyl groups excluding tert-OH is 1. The summed E-state index contributed by atoms with van der Waals surface area (Å²) < 4.78 is 10.4. The van der Waals surface area contributed by atoms with Crippen molar-refractivity contribution in [1.82, 2.24) is 4.98 Å². The van der Waals surface area contributed by atoms with E-state index in [1.807, 2.05) is 6.92 Å². The number of hydrogen-bond acceptors (Lipinski definition) is 4. The van der Waals surface area contributed by atoms with Crippen LogP contribution < -0.4 is 4.74 Å². The maximum absolute atomic E-state index is 9.49. The number of aromatic nitrogens is 1. The number of methoxy groups -OCH3 is 2. The van der Waals surface area contributed by atoms with Gasteiger partial charge in [-0.15, -0.1) is 0 Å². The molecule has 4 heteroatoms. The lowest BCUT2D eigenvalue weighted by Crippen LogP contribution is -2.11. The Hall–Kier alpha value is -1.13. The highest BCUT2D eigenvalue weighted by Gasteiger charge is 2.14. The molecule has 0 bridgehead atoms. The Morgan fingerprint density at radius 3 is 2.62 bits per heavy atom. The summed E-state index contributed by atoms with van der Waals surface area (Å²) in [5.74, 6) is 0.746. The third kappa shape index (κ3) is 2.93. The minimum Gasteiger partial charge on any atom is -0.495 e. The topological polar surface area (TPSA) is 51.6 Å². The summed E-state index contributed by atoms with van der Waals surface area (Å²) in [4.78, 5) is 4.25. The number of pyridine rings is 1. The smallest absolute Gasteiger partial charge is 0.143 e. The first-order chi connectivity index (χ1) is 7.60. The van der Waals surface area contributed by atoms with Crippen molar-refractivity contribution in [2.75, 3.05) is 14.2 Å². The van der Waals surface area contributed by atoms with E-state index in [0.717, 1.165) is 22.6 Å². The number of aryl methyl sites for hydroxylation is 1. The second-order valence-corrected chi connectivity index (χ2v) is 3.87. The molecule has 1 N–H and O–H groups in total. The van der Waals surface area contributed by atoms with Crippen LogP contribution >= 0.6 is 0 Å². The average molecular weight is 225 g/mol. The van der Waals surface area contributed by atoms with Gasteiger partial charge in [-0.3, -0.25) is 4.98 Å². The van der Waals surface area contributed by atoms with Crippen molar-refractivity contribution < 1.29 is 14.6 Å². The maximum atomic E-state index is 9.49. The van der Waals surface area contributed by atoms with Crippen LogP contribution in [0.4, 0.5) is 0 Å². The molecule has 0 aliphatic carbocycles. The Kier molecular flexibility index (Phi) is 4.71. The summed E-state index contributed by atoms with van der Waals surface area (Å²) >= 11 is 0. The zero-order chi connectivity index (χ0) is 12.1. The van der Waals surface area contributed by atoms with E-state index >= 15 is 0 Å². The van der Waals surface area contributed by atoms with E-state index in [2.05, 4.69) is 4.98 Å². The lowest BCUT2D eigenvalue weighted by molar-refractivity contribution is 0.177. The summed E-state index contributed by atoms with van der Waals surface area (Å²) in [5, 5.41) is 9.49.